The second kappa shape index (κ2) is 8.39. The van der Waals surface area contributed by atoms with E-state index in [0.29, 0.717) is 18.7 Å². The number of piperazine rings is 1. The molecule has 1 fully saturated rings. The molecule has 144 valence electrons. The number of benzene rings is 1. The molecule has 1 saturated heterocycles. The van der Waals surface area contributed by atoms with E-state index < -0.39 is 12.8 Å². The lowest BCUT2D eigenvalue weighted by Gasteiger charge is -2.34. The van der Waals surface area contributed by atoms with Crippen molar-refractivity contribution in [2.24, 2.45) is 0 Å². The Balaban J connectivity index is 1.50. The molecule has 2 heterocycles. The summed E-state index contributed by atoms with van der Waals surface area (Å²) in [6, 6.07) is 12.9. The molecule has 0 N–H and O–H groups in total. The maximum absolute atomic E-state index is 12.5. The lowest BCUT2D eigenvalue weighted by Crippen LogP contribution is -2.48. The molecule has 1 aliphatic heterocycles. The van der Waals surface area contributed by atoms with E-state index in [1.807, 2.05) is 18.2 Å². The van der Waals surface area contributed by atoms with E-state index >= 15 is 0 Å². The van der Waals surface area contributed by atoms with Gasteiger partial charge in [0.05, 0.1) is 5.56 Å². The molecule has 1 aromatic carbocycles. The van der Waals surface area contributed by atoms with Crippen LogP contribution in [0.15, 0.2) is 48.7 Å². The fraction of sp³-hybridized carbons (Fsp3) is 0.368. The van der Waals surface area contributed by atoms with Gasteiger partial charge in [-0.1, -0.05) is 30.3 Å². The Morgan fingerprint density at radius 3 is 2.33 bits per heavy atom. The molecule has 0 aliphatic carbocycles. The van der Waals surface area contributed by atoms with Gasteiger partial charge in [0.25, 0.3) is 5.91 Å². The van der Waals surface area contributed by atoms with Gasteiger partial charge in [-0.15, -0.1) is 0 Å². The van der Waals surface area contributed by atoms with Gasteiger partial charge < -0.3 is 9.64 Å². The number of aromatic nitrogens is 1. The number of halogens is 3. The monoisotopic (exact) mass is 379 g/mol. The van der Waals surface area contributed by atoms with E-state index in [0.717, 1.165) is 19.6 Å². The first-order valence-corrected chi connectivity index (χ1v) is 8.62. The van der Waals surface area contributed by atoms with Gasteiger partial charge in [-0.25, -0.2) is 4.98 Å². The van der Waals surface area contributed by atoms with E-state index in [2.05, 4.69) is 26.8 Å². The lowest BCUT2D eigenvalue weighted by molar-refractivity contribution is -0.154. The number of pyridine rings is 1. The molecule has 2 aromatic rings. The lowest BCUT2D eigenvalue weighted by atomic mass is 10.2. The third-order valence-electron chi connectivity index (χ3n) is 4.28. The molecule has 27 heavy (non-hydrogen) atoms. The molecule has 1 amide bonds. The van der Waals surface area contributed by atoms with E-state index in [-0.39, 0.29) is 11.8 Å². The molecule has 3 rings (SSSR count). The third-order valence-corrected chi connectivity index (χ3v) is 4.28. The van der Waals surface area contributed by atoms with Gasteiger partial charge in [-0.3, -0.25) is 9.69 Å². The van der Waals surface area contributed by atoms with Crippen LogP contribution >= 0.6 is 0 Å². The number of hydrogen-bond donors (Lipinski definition) is 0. The average molecular weight is 379 g/mol. The number of amides is 1. The normalized spacial score (nSPS) is 15.6. The van der Waals surface area contributed by atoms with Crippen LogP contribution in [-0.2, 0) is 6.54 Å². The molecule has 0 unspecified atom stereocenters. The van der Waals surface area contributed by atoms with Crippen molar-refractivity contribution in [3.63, 3.8) is 0 Å². The van der Waals surface area contributed by atoms with E-state index in [4.69, 9.17) is 0 Å². The number of carbonyl (C=O) groups excluding carboxylic acids is 1. The number of alkyl halides is 3. The molecular formula is C19H20F3N3O2. The summed E-state index contributed by atoms with van der Waals surface area (Å²) < 4.78 is 41.0. The zero-order valence-corrected chi connectivity index (χ0v) is 14.7. The minimum absolute atomic E-state index is 0.156. The standard InChI is InChI=1S/C19H20F3N3O2/c20-19(21,22)14-27-17-7-6-16(12-23-17)18(26)25-10-8-24(9-11-25)13-15-4-2-1-3-5-15/h1-7,12H,8-11,13-14H2. The average Bonchev–Trinajstić information content (AvgIpc) is 2.67. The summed E-state index contributed by atoms with van der Waals surface area (Å²) in [7, 11) is 0. The van der Waals surface area contributed by atoms with Crippen LogP contribution in [0.5, 0.6) is 5.88 Å². The van der Waals surface area contributed by atoms with Gasteiger partial charge in [0, 0.05) is 45.0 Å². The van der Waals surface area contributed by atoms with Crippen molar-refractivity contribution < 1.29 is 22.7 Å². The van der Waals surface area contributed by atoms with Crippen molar-refractivity contribution in [2.45, 2.75) is 12.7 Å². The van der Waals surface area contributed by atoms with Crippen LogP contribution in [0.3, 0.4) is 0 Å². The summed E-state index contributed by atoms with van der Waals surface area (Å²) in [4.78, 5) is 20.3. The minimum atomic E-state index is -4.42. The van der Waals surface area contributed by atoms with Gasteiger partial charge in [-0.05, 0) is 11.6 Å². The highest BCUT2D eigenvalue weighted by atomic mass is 19.4. The third kappa shape index (κ3) is 5.68. The molecular weight excluding hydrogens is 359 g/mol. The Hall–Kier alpha value is -2.61. The highest BCUT2D eigenvalue weighted by Crippen LogP contribution is 2.18. The fourth-order valence-electron chi connectivity index (χ4n) is 2.88. The Morgan fingerprint density at radius 2 is 1.74 bits per heavy atom. The summed E-state index contributed by atoms with van der Waals surface area (Å²) in [6.07, 6.45) is -3.17. The van der Waals surface area contributed by atoms with Crippen LogP contribution in [0.2, 0.25) is 0 Å². The van der Waals surface area contributed by atoms with Gasteiger partial charge >= 0.3 is 6.18 Å². The first-order valence-electron chi connectivity index (χ1n) is 8.62. The maximum atomic E-state index is 12.5. The van der Waals surface area contributed by atoms with Crippen LogP contribution in [0.4, 0.5) is 13.2 Å². The largest absolute Gasteiger partial charge is 0.468 e. The van der Waals surface area contributed by atoms with Crippen molar-refractivity contribution in [1.29, 1.82) is 0 Å². The Kier molecular flexibility index (Phi) is 5.95. The maximum Gasteiger partial charge on any atom is 0.422 e. The van der Waals surface area contributed by atoms with Crippen LogP contribution in [0, 0.1) is 0 Å². The van der Waals surface area contributed by atoms with Crippen molar-refractivity contribution in [3.05, 3.63) is 59.8 Å². The van der Waals surface area contributed by atoms with Crippen molar-refractivity contribution in [1.82, 2.24) is 14.8 Å². The van der Waals surface area contributed by atoms with E-state index in [1.165, 1.54) is 23.9 Å². The van der Waals surface area contributed by atoms with Crippen LogP contribution in [0.25, 0.3) is 0 Å². The second-order valence-corrected chi connectivity index (χ2v) is 6.34. The van der Waals surface area contributed by atoms with Crippen molar-refractivity contribution in [2.75, 3.05) is 32.8 Å². The Morgan fingerprint density at radius 1 is 1.04 bits per heavy atom. The smallest absolute Gasteiger partial charge is 0.422 e. The van der Waals surface area contributed by atoms with Gasteiger partial charge in [0.1, 0.15) is 0 Å². The summed E-state index contributed by atoms with van der Waals surface area (Å²) in [5, 5.41) is 0. The number of nitrogens with zero attached hydrogens (tertiary/aromatic N) is 3. The van der Waals surface area contributed by atoms with Crippen LogP contribution in [-0.4, -0.2) is 59.7 Å². The Labute approximate surface area is 155 Å². The highest BCUT2D eigenvalue weighted by molar-refractivity contribution is 5.94. The topological polar surface area (TPSA) is 45.7 Å². The number of hydrogen-bond acceptors (Lipinski definition) is 4. The molecule has 8 heteroatoms. The van der Waals surface area contributed by atoms with E-state index in [9.17, 15) is 18.0 Å². The summed E-state index contributed by atoms with van der Waals surface area (Å²) >= 11 is 0. The second-order valence-electron chi connectivity index (χ2n) is 6.34. The SMILES string of the molecule is O=C(c1ccc(OCC(F)(F)F)nc1)N1CCN(Cc2ccccc2)CC1. The molecule has 0 spiro atoms. The molecule has 1 aromatic heterocycles. The Bertz CT molecular complexity index is 743. The zero-order chi connectivity index (χ0) is 19.3. The van der Waals surface area contributed by atoms with Gasteiger partial charge in [0.15, 0.2) is 6.61 Å². The number of ether oxygens (including phenoxy) is 1. The quantitative estimate of drug-likeness (QED) is 0.801. The first-order chi connectivity index (χ1) is 12.9. The number of rotatable bonds is 5. The zero-order valence-electron chi connectivity index (χ0n) is 14.7. The minimum Gasteiger partial charge on any atom is -0.468 e. The molecule has 0 atom stereocenters. The fourth-order valence-corrected chi connectivity index (χ4v) is 2.88. The predicted octanol–water partition coefficient (Wildman–Crippen LogP) is 2.98. The molecule has 1 aliphatic rings. The van der Waals surface area contributed by atoms with Crippen molar-refractivity contribution in [3.8, 4) is 5.88 Å². The molecule has 0 saturated carbocycles. The number of carbonyl (C=O) groups is 1. The molecule has 0 radical (unpaired) electrons. The summed E-state index contributed by atoms with van der Waals surface area (Å²) in [5.41, 5.74) is 1.57. The van der Waals surface area contributed by atoms with Gasteiger partial charge in [-0.2, -0.15) is 13.2 Å². The molecule has 0 bridgehead atoms. The summed E-state index contributed by atoms with van der Waals surface area (Å²) in [6.45, 7) is 2.16. The van der Waals surface area contributed by atoms with Crippen LogP contribution < -0.4 is 4.74 Å². The molecule has 5 nitrogen and oxygen atoms in total. The first kappa shape index (κ1) is 19.2. The predicted molar refractivity (Wildman–Crippen MR) is 93.4 cm³/mol. The van der Waals surface area contributed by atoms with E-state index in [1.54, 1.807) is 4.90 Å². The summed E-state index contributed by atoms with van der Waals surface area (Å²) in [5.74, 6) is -0.333. The van der Waals surface area contributed by atoms with Crippen molar-refractivity contribution >= 4 is 5.91 Å². The van der Waals surface area contributed by atoms with Gasteiger partial charge in [0.2, 0.25) is 5.88 Å². The van der Waals surface area contributed by atoms with Crippen LogP contribution in [0.1, 0.15) is 15.9 Å². The highest BCUT2D eigenvalue weighted by Gasteiger charge is 2.28.